The minimum Gasteiger partial charge on any atom is -0.311 e. The van der Waals surface area contributed by atoms with Crippen molar-refractivity contribution in [1.82, 2.24) is 9.62 Å². The van der Waals surface area contributed by atoms with E-state index in [1.807, 2.05) is 13.8 Å². The van der Waals surface area contributed by atoms with Gasteiger partial charge in [0.2, 0.25) is 10.0 Å². The predicted molar refractivity (Wildman–Crippen MR) is 87.6 cm³/mol. The van der Waals surface area contributed by atoms with Crippen molar-refractivity contribution in [2.24, 2.45) is 0 Å². The standard InChI is InChI=1S/C13H20N2O4S2.ClH/c1-10-11(2)15(9-8-14-10)21(18,19)13-6-4-12(5-7-13)20(3,16)17;/h4-7,10-11,14H,8-9H2,1-3H3;1H. The van der Waals surface area contributed by atoms with Crippen molar-refractivity contribution in [2.45, 2.75) is 35.7 Å². The highest BCUT2D eigenvalue weighted by atomic mass is 35.5. The Morgan fingerprint density at radius 2 is 1.55 bits per heavy atom. The fourth-order valence-electron chi connectivity index (χ4n) is 2.36. The molecule has 1 N–H and O–H groups in total. The van der Waals surface area contributed by atoms with Crippen molar-refractivity contribution in [3.05, 3.63) is 24.3 Å². The summed E-state index contributed by atoms with van der Waals surface area (Å²) < 4.78 is 49.6. The molecule has 126 valence electrons. The maximum absolute atomic E-state index is 12.7. The number of halogens is 1. The molecule has 22 heavy (non-hydrogen) atoms. The summed E-state index contributed by atoms with van der Waals surface area (Å²) in [5, 5.41) is 3.23. The largest absolute Gasteiger partial charge is 0.311 e. The van der Waals surface area contributed by atoms with Crippen LogP contribution < -0.4 is 5.32 Å². The van der Waals surface area contributed by atoms with Crippen molar-refractivity contribution in [2.75, 3.05) is 19.3 Å². The Hall–Kier alpha value is -0.670. The predicted octanol–water partition coefficient (Wildman–Crippen LogP) is 0.883. The Balaban J connectivity index is 0.00000242. The number of hydrogen-bond donors (Lipinski definition) is 1. The molecule has 1 aromatic rings. The van der Waals surface area contributed by atoms with E-state index in [1.54, 1.807) is 0 Å². The lowest BCUT2D eigenvalue weighted by molar-refractivity contribution is 0.233. The maximum Gasteiger partial charge on any atom is 0.243 e. The molecule has 0 bridgehead atoms. The van der Waals surface area contributed by atoms with Gasteiger partial charge in [0.1, 0.15) is 0 Å². The Morgan fingerprint density at radius 3 is 2.05 bits per heavy atom. The molecule has 1 heterocycles. The van der Waals surface area contributed by atoms with Crippen LogP contribution in [0.1, 0.15) is 13.8 Å². The third kappa shape index (κ3) is 3.80. The van der Waals surface area contributed by atoms with Crippen LogP contribution in [0.3, 0.4) is 0 Å². The number of sulfonamides is 1. The van der Waals surface area contributed by atoms with Crippen LogP contribution >= 0.6 is 12.4 Å². The van der Waals surface area contributed by atoms with Crippen LogP contribution in [0, 0.1) is 0 Å². The summed E-state index contributed by atoms with van der Waals surface area (Å²) >= 11 is 0. The van der Waals surface area contributed by atoms with Crippen LogP contribution in [-0.2, 0) is 19.9 Å². The van der Waals surface area contributed by atoms with E-state index in [1.165, 1.54) is 28.6 Å². The lowest BCUT2D eigenvalue weighted by Crippen LogP contribution is -2.57. The van der Waals surface area contributed by atoms with Crippen LogP contribution in [0.4, 0.5) is 0 Å². The molecular formula is C13H21ClN2O4S2. The summed E-state index contributed by atoms with van der Waals surface area (Å²) in [5.74, 6) is 0. The van der Waals surface area contributed by atoms with E-state index < -0.39 is 19.9 Å². The van der Waals surface area contributed by atoms with Crippen molar-refractivity contribution in [1.29, 1.82) is 0 Å². The van der Waals surface area contributed by atoms with Crippen LogP contribution in [0.2, 0.25) is 0 Å². The van der Waals surface area contributed by atoms with E-state index in [9.17, 15) is 16.8 Å². The van der Waals surface area contributed by atoms with Gasteiger partial charge in [-0.05, 0) is 38.1 Å². The van der Waals surface area contributed by atoms with Gasteiger partial charge < -0.3 is 5.32 Å². The molecule has 2 atom stereocenters. The smallest absolute Gasteiger partial charge is 0.243 e. The average Bonchev–Trinajstić information content (AvgIpc) is 2.41. The van der Waals surface area contributed by atoms with Crippen molar-refractivity contribution in [3.63, 3.8) is 0 Å². The first-order valence-corrected chi connectivity index (χ1v) is 10.0. The molecule has 1 aromatic carbocycles. The second-order valence-electron chi connectivity index (χ2n) is 5.34. The van der Waals surface area contributed by atoms with Crippen molar-refractivity contribution < 1.29 is 16.8 Å². The minimum atomic E-state index is -3.61. The molecule has 0 amide bonds. The number of benzene rings is 1. The maximum atomic E-state index is 12.7. The Labute approximate surface area is 138 Å². The normalized spacial score (nSPS) is 23.8. The first kappa shape index (κ1) is 19.4. The quantitative estimate of drug-likeness (QED) is 0.856. The van der Waals surface area contributed by atoms with Gasteiger partial charge in [-0.25, -0.2) is 16.8 Å². The van der Waals surface area contributed by atoms with E-state index >= 15 is 0 Å². The number of hydrogen-bond acceptors (Lipinski definition) is 5. The highest BCUT2D eigenvalue weighted by Gasteiger charge is 2.34. The molecule has 1 saturated heterocycles. The van der Waals surface area contributed by atoms with Crippen molar-refractivity contribution in [3.8, 4) is 0 Å². The second kappa shape index (κ2) is 6.84. The molecule has 2 unspecified atom stereocenters. The fraction of sp³-hybridized carbons (Fsp3) is 0.538. The van der Waals surface area contributed by atoms with Crippen LogP contribution in [0.15, 0.2) is 34.1 Å². The molecule has 1 aliphatic heterocycles. The Bertz CT molecular complexity index is 717. The molecule has 0 aliphatic carbocycles. The minimum absolute atomic E-state index is 0. The third-order valence-electron chi connectivity index (χ3n) is 3.83. The topological polar surface area (TPSA) is 83.6 Å². The molecule has 0 radical (unpaired) electrons. The number of piperazine rings is 1. The monoisotopic (exact) mass is 368 g/mol. The first-order valence-electron chi connectivity index (χ1n) is 6.69. The zero-order valence-electron chi connectivity index (χ0n) is 12.7. The van der Waals surface area contributed by atoms with Gasteiger partial charge in [0, 0.05) is 31.4 Å². The van der Waals surface area contributed by atoms with Crippen LogP contribution in [-0.4, -0.2) is 52.6 Å². The molecule has 0 saturated carbocycles. The molecular weight excluding hydrogens is 348 g/mol. The average molecular weight is 369 g/mol. The number of nitrogens with one attached hydrogen (secondary N) is 1. The summed E-state index contributed by atoms with van der Waals surface area (Å²) in [4.78, 5) is 0.235. The SMILES string of the molecule is CC1NCCN(S(=O)(=O)c2ccc(S(C)(=O)=O)cc2)C1C.Cl. The zero-order chi connectivity index (χ0) is 15.8. The van der Waals surface area contributed by atoms with E-state index in [-0.39, 0.29) is 34.3 Å². The Kier molecular flexibility index (Phi) is 6.02. The second-order valence-corrected chi connectivity index (χ2v) is 9.25. The lowest BCUT2D eigenvalue weighted by atomic mass is 10.1. The van der Waals surface area contributed by atoms with Gasteiger partial charge >= 0.3 is 0 Å². The summed E-state index contributed by atoms with van der Waals surface area (Å²) in [6, 6.07) is 5.29. The molecule has 9 heteroatoms. The number of sulfone groups is 1. The van der Waals surface area contributed by atoms with Gasteiger partial charge in [-0.1, -0.05) is 0 Å². The van der Waals surface area contributed by atoms with Gasteiger partial charge in [0.15, 0.2) is 9.84 Å². The van der Waals surface area contributed by atoms with Crippen molar-refractivity contribution >= 4 is 32.3 Å². The molecule has 0 spiro atoms. The van der Waals surface area contributed by atoms with Crippen LogP contribution in [0.25, 0.3) is 0 Å². The highest BCUT2D eigenvalue weighted by Crippen LogP contribution is 2.22. The van der Waals surface area contributed by atoms with E-state index in [2.05, 4.69) is 5.32 Å². The summed E-state index contributed by atoms with van der Waals surface area (Å²) in [6.45, 7) is 4.81. The summed E-state index contributed by atoms with van der Waals surface area (Å²) in [5.41, 5.74) is 0. The van der Waals surface area contributed by atoms with E-state index in [0.717, 1.165) is 6.26 Å². The Morgan fingerprint density at radius 1 is 1.05 bits per heavy atom. The van der Waals surface area contributed by atoms with Gasteiger partial charge in [-0.15, -0.1) is 12.4 Å². The molecule has 1 fully saturated rings. The van der Waals surface area contributed by atoms with Crippen LogP contribution in [0.5, 0.6) is 0 Å². The van der Waals surface area contributed by atoms with Gasteiger partial charge in [0.25, 0.3) is 0 Å². The van der Waals surface area contributed by atoms with Gasteiger partial charge in [0.05, 0.1) is 9.79 Å². The first-order chi connectivity index (χ1) is 9.64. The highest BCUT2D eigenvalue weighted by molar-refractivity contribution is 7.90. The summed E-state index contributed by atoms with van der Waals surface area (Å²) in [7, 11) is -6.94. The lowest BCUT2D eigenvalue weighted by Gasteiger charge is -2.37. The number of rotatable bonds is 3. The molecule has 0 aromatic heterocycles. The van der Waals surface area contributed by atoms with Gasteiger partial charge in [-0.3, -0.25) is 0 Å². The molecule has 1 aliphatic rings. The van der Waals surface area contributed by atoms with Gasteiger partial charge in [-0.2, -0.15) is 4.31 Å². The van der Waals surface area contributed by atoms with E-state index in [4.69, 9.17) is 0 Å². The van der Waals surface area contributed by atoms with E-state index in [0.29, 0.717) is 13.1 Å². The number of nitrogens with zero attached hydrogens (tertiary/aromatic N) is 1. The fourth-order valence-corrected chi connectivity index (χ4v) is 4.69. The third-order valence-corrected chi connectivity index (χ3v) is 6.96. The summed E-state index contributed by atoms with van der Waals surface area (Å²) in [6.07, 6.45) is 1.09. The zero-order valence-corrected chi connectivity index (χ0v) is 15.1. The molecule has 6 nitrogen and oxygen atoms in total. The molecule has 2 rings (SSSR count).